The number of hydrogen-bond acceptors (Lipinski definition) is 7. The van der Waals surface area contributed by atoms with Gasteiger partial charge in [0.15, 0.2) is 24.2 Å². The second-order valence-corrected chi connectivity index (χ2v) is 8.10. The van der Waals surface area contributed by atoms with Crippen LogP contribution in [0.3, 0.4) is 0 Å². The predicted molar refractivity (Wildman–Crippen MR) is 124 cm³/mol. The van der Waals surface area contributed by atoms with Crippen LogP contribution in [0.15, 0.2) is 41.0 Å². The van der Waals surface area contributed by atoms with Gasteiger partial charge in [-0.25, -0.2) is 0 Å². The summed E-state index contributed by atoms with van der Waals surface area (Å²) in [6.45, 7) is 3.26. The van der Waals surface area contributed by atoms with E-state index in [9.17, 15) is 9.59 Å². The SMILES string of the molecule is COc1c(C=O)c(OCC(=O)N2CCN(Cc3ccc(Cl)cc3)CC2)c(OC)c2occc12. The number of hydrogen-bond donors (Lipinski definition) is 0. The van der Waals surface area contributed by atoms with Gasteiger partial charge >= 0.3 is 0 Å². The standard InChI is InChI=1S/C24H25ClN2O6/c1-30-21-18-7-12-32-22(18)24(31-2)23(19(21)14-28)33-15-20(29)27-10-8-26(9-11-27)13-16-3-5-17(25)6-4-16/h3-7,12,14H,8-11,13,15H2,1-2H3. The molecule has 0 radical (unpaired) electrons. The molecule has 1 saturated heterocycles. The molecule has 2 heterocycles. The molecule has 0 bridgehead atoms. The first-order chi connectivity index (χ1) is 16.0. The average Bonchev–Trinajstić information content (AvgIpc) is 3.32. The van der Waals surface area contributed by atoms with Crippen molar-refractivity contribution in [2.45, 2.75) is 6.54 Å². The molecule has 1 fully saturated rings. The lowest BCUT2D eigenvalue weighted by molar-refractivity contribution is -0.135. The Morgan fingerprint density at radius 1 is 1.03 bits per heavy atom. The van der Waals surface area contributed by atoms with Crippen LogP contribution in [-0.4, -0.2) is 69.0 Å². The van der Waals surface area contributed by atoms with E-state index in [0.29, 0.717) is 41.1 Å². The molecule has 0 unspecified atom stereocenters. The van der Waals surface area contributed by atoms with E-state index in [1.54, 1.807) is 11.0 Å². The smallest absolute Gasteiger partial charge is 0.260 e. The summed E-state index contributed by atoms with van der Waals surface area (Å²) in [5, 5.41) is 1.30. The summed E-state index contributed by atoms with van der Waals surface area (Å²) < 4.78 is 22.2. The van der Waals surface area contributed by atoms with Gasteiger partial charge in [-0.2, -0.15) is 0 Å². The number of ether oxygens (including phenoxy) is 3. The molecule has 0 N–H and O–H groups in total. The first-order valence-electron chi connectivity index (χ1n) is 10.5. The van der Waals surface area contributed by atoms with E-state index in [-0.39, 0.29) is 29.6 Å². The van der Waals surface area contributed by atoms with Gasteiger partial charge in [0.1, 0.15) is 11.3 Å². The number of methoxy groups -OCH3 is 2. The van der Waals surface area contributed by atoms with Crippen molar-refractivity contribution in [3.63, 3.8) is 0 Å². The Morgan fingerprint density at radius 3 is 2.36 bits per heavy atom. The number of furan rings is 1. The van der Waals surface area contributed by atoms with Gasteiger partial charge in [0.25, 0.3) is 5.91 Å². The molecular formula is C24H25ClN2O6. The summed E-state index contributed by atoms with van der Waals surface area (Å²) in [5.74, 6) is 0.520. The van der Waals surface area contributed by atoms with Gasteiger partial charge in [0, 0.05) is 37.7 Å². The monoisotopic (exact) mass is 472 g/mol. The minimum absolute atomic E-state index is 0.126. The Morgan fingerprint density at radius 2 is 1.73 bits per heavy atom. The van der Waals surface area contributed by atoms with E-state index in [1.807, 2.05) is 24.3 Å². The van der Waals surface area contributed by atoms with E-state index in [1.165, 1.54) is 26.0 Å². The Hall–Kier alpha value is -3.23. The lowest BCUT2D eigenvalue weighted by Gasteiger charge is -2.34. The third kappa shape index (κ3) is 4.77. The van der Waals surface area contributed by atoms with Crippen LogP contribution in [0.2, 0.25) is 5.02 Å². The lowest BCUT2D eigenvalue weighted by atomic mass is 10.1. The van der Waals surface area contributed by atoms with E-state index in [0.717, 1.165) is 19.6 Å². The lowest BCUT2D eigenvalue weighted by Crippen LogP contribution is -2.49. The van der Waals surface area contributed by atoms with Crippen LogP contribution in [0, 0.1) is 0 Å². The third-order valence-corrected chi connectivity index (χ3v) is 5.97. The molecule has 0 atom stereocenters. The molecule has 8 nitrogen and oxygen atoms in total. The van der Waals surface area contributed by atoms with Gasteiger partial charge in [-0.05, 0) is 23.8 Å². The van der Waals surface area contributed by atoms with Crippen LogP contribution in [0.25, 0.3) is 11.0 Å². The molecule has 1 aliphatic heterocycles. The minimum Gasteiger partial charge on any atom is -0.495 e. The minimum atomic E-state index is -0.232. The Labute approximate surface area is 196 Å². The predicted octanol–water partition coefficient (Wildman–Crippen LogP) is 3.64. The van der Waals surface area contributed by atoms with Crippen LogP contribution in [0.5, 0.6) is 17.2 Å². The molecule has 1 amide bonds. The number of aldehydes is 1. The first kappa shape index (κ1) is 22.9. The molecule has 9 heteroatoms. The Balaban J connectivity index is 1.41. The second kappa shape index (κ2) is 10.1. The molecule has 0 spiro atoms. The fourth-order valence-corrected chi connectivity index (χ4v) is 4.15. The van der Waals surface area contributed by atoms with Crippen molar-refractivity contribution >= 4 is 34.8 Å². The summed E-state index contributed by atoms with van der Waals surface area (Å²) in [5.41, 5.74) is 1.74. The summed E-state index contributed by atoms with van der Waals surface area (Å²) in [4.78, 5) is 28.7. The molecule has 174 valence electrons. The first-order valence-corrected chi connectivity index (χ1v) is 10.9. The van der Waals surface area contributed by atoms with E-state index in [4.69, 9.17) is 30.2 Å². The topological polar surface area (TPSA) is 81.5 Å². The van der Waals surface area contributed by atoms with Crippen molar-refractivity contribution < 1.29 is 28.2 Å². The molecule has 0 saturated carbocycles. The van der Waals surface area contributed by atoms with Crippen molar-refractivity contribution in [2.75, 3.05) is 47.0 Å². The number of carbonyl (C=O) groups is 2. The maximum absolute atomic E-state index is 12.8. The van der Waals surface area contributed by atoms with Gasteiger partial charge in [-0.3, -0.25) is 14.5 Å². The second-order valence-electron chi connectivity index (χ2n) is 7.66. The molecule has 4 rings (SSSR count). The number of carbonyl (C=O) groups excluding carboxylic acids is 2. The van der Waals surface area contributed by atoms with Gasteiger partial charge < -0.3 is 23.5 Å². The Bertz CT molecular complexity index is 1140. The molecule has 1 aromatic heterocycles. The number of fused-ring (bicyclic) bond motifs is 1. The fourth-order valence-electron chi connectivity index (χ4n) is 4.02. The van der Waals surface area contributed by atoms with E-state index >= 15 is 0 Å². The highest BCUT2D eigenvalue weighted by atomic mass is 35.5. The molecule has 3 aromatic rings. The van der Waals surface area contributed by atoms with Crippen LogP contribution in [-0.2, 0) is 11.3 Å². The summed E-state index contributed by atoms with van der Waals surface area (Å²) in [6.07, 6.45) is 2.10. The molecular weight excluding hydrogens is 448 g/mol. The number of benzene rings is 2. The van der Waals surface area contributed by atoms with Crippen molar-refractivity contribution in [3.05, 3.63) is 52.7 Å². The highest BCUT2D eigenvalue weighted by molar-refractivity contribution is 6.30. The molecule has 1 aliphatic rings. The van der Waals surface area contributed by atoms with E-state index in [2.05, 4.69) is 4.90 Å². The van der Waals surface area contributed by atoms with Crippen molar-refractivity contribution in [1.29, 1.82) is 0 Å². The number of nitrogens with zero attached hydrogens (tertiary/aromatic N) is 2. The maximum Gasteiger partial charge on any atom is 0.260 e. The van der Waals surface area contributed by atoms with Gasteiger partial charge in [0.2, 0.25) is 5.75 Å². The van der Waals surface area contributed by atoms with E-state index < -0.39 is 0 Å². The zero-order valence-electron chi connectivity index (χ0n) is 18.5. The van der Waals surface area contributed by atoms with Crippen molar-refractivity contribution in [2.24, 2.45) is 0 Å². The van der Waals surface area contributed by atoms with Gasteiger partial charge in [-0.15, -0.1) is 0 Å². The fraction of sp³-hybridized carbons (Fsp3) is 0.333. The van der Waals surface area contributed by atoms with Crippen LogP contribution < -0.4 is 14.2 Å². The van der Waals surface area contributed by atoms with Crippen LogP contribution in [0.1, 0.15) is 15.9 Å². The highest BCUT2D eigenvalue weighted by Crippen LogP contribution is 2.45. The Kier molecular flexibility index (Phi) is 7.05. The third-order valence-electron chi connectivity index (χ3n) is 5.72. The zero-order chi connectivity index (χ0) is 23.4. The number of rotatable bonds is 8. The molecule has 0 aliphatic carbocycles. The summed E-state index contributed by atoms with van der Waals surface area (Å²) >= 11 is 5.95. The summed E-state index contributed by atoms with van der Waals surface area (Å²) in [7, 11) is 2.91. The van der Waals surface area contributed by atoms with Crippen molar-refractivity contribution in [3.8, 4) is 17.2 Å². The van der Waals surface area contributed by atoms with Gasteiger partial charge in [0.05, 0.1) is 25.9 Å². The average molecular weight is 473 g/mol. The maximum atomic E-state index is 12.8. The van der Waals surface area contributed by atoms with Crippen molar-refractivity contribution in [1.82, 2.24) is 9.80 Å². The largest absolute Gasteiger partial charge is 0.495 e. The molecule has 33 heavy (non-hydrogen) atoms. The van der Waals surface area contributed by atoms with Crippen LogP contribution in [0.4, 0.5) is 0 Å². The van der Waals surface area contributed by atoms with Crippen LogP contribution >= 0.6 is 11.6 Å². The molecule has 2 aromatic carbocycles. The number of amides is 1. The highest BCUT2D eigenvalue weighted by Gasteiger charge is 2.27. The van der Waals surface area contributed by atoms with Gasteiger partial charge in [-0.1, -0.05) is 23.7 Å². The quantitative estimate of drug-likeness (QED) is 0.463. The normalized spacial score (nSPS) is 14.3. The summed E-state index contributed by atoms with van der Waals surface area (Å²) in [6, 6.07) is 9.46. The zero-order valence-corrected chi connectivity index (χ0v) is 19.3. The number of piperazine rings is 1. The number of halogens is 1.